The molecule has 2 heterocycles. The zero-order valence-corrected chi connectivity index (χ0v) is 22.7. The van der Waals surface area contributed by atoms with Gasteiger partial charge in [0.1, 0.15) is 11.3 Å². The van der Waals surface area contributed by atoms with E-state index in [-0.39, 0.29) is 29.5 Å². The van der Waals surface area contributed by atoms with E-state index in [1.54, 1.807) is 6.08 Å². The molecule has 1 aromatic rings. The first-order chi connectivity index (χ1) is 16.9. The van der Waals surface area contributed by atoms with E-state index in [9.17, 15) is 18.4 Å². The third-order valence-corrected chi connectivity index (χ3v) is 7.46. The number of benzene rings is 1. The number of nitrogens with zero attached hydrogens (tertiary/aromatic N) is 2. The highest BCUT2D eigenvalue weighted by molar-refractivity contribution is 9.11. The lowest BCUT2D eigenvalue weighted by Gasteiger charge is -2.43. The summed E-state index contributed by atoms with van der Waals surface area (Å²) >= 11 is 8.46. The number of alkyl halides is 3. The number of hydrogen-bond acceptors (Lipinski definition) is 5. The lowest BCUT2D eigenvalue weighted by Crippen LogP contribution is -2.58. The van der Waals surface area contributed by atoms with Gasteiger partial charge in [-0.2, -0.15) is 0 Å². The Hall–Kier alpha value is -2.17. The van der Waals surface area contributed by atoms with Gasteiger partial charge < -0.3 is 24.6 Å². The summed E-state index contributed by atoms with van der Waals surface area (Å²) < 4.78 is 36.1. The molecule has 11 heteroatoms. The van der Waals surface area contributed by atoms with Gasteiger partial charge in [0, 0.05) is 58.1 Å². The van der Waals surface area contributed by atoms with Crippen LogP contribution in [0.25, 0.3) is 0 Å². The maximum atomic E-state index is 13.7. The van der Waals surface area contributed by atoms with Crippen molar-refractivity contribution in [2.75, 3.05) is 31.6 Å². The zero-order valence-electron chi connectivity index (χ0n) is 20.3. The molecule has 7 nitrogen and oxygen atoms in total. The van der Waals surface area contributed by atoms with E-state index in [1.165, 1.54) is 24.3 Å². The quantitative estimate of drug-likeness (QED) is 0.470. The predicted octanol–water partition coefficient (Wildman–Crippen LogP) is 5.08. The molecule has 2 fully saturated rings. The Morgan fingerprint density at radius 1 is 1.25 bits per heavy atom. The average molecular weight is 589 g/mol. The SMILES string of the molecule is CC(C)N1C2=C(Br)C=C(C(=O)Nc3ccc(OC(F)(F)Cl)cc3)CC2CC1(C)C(=O)N1CCOCC1. The van der Waals surface area contributed by atoms with E-state index in [4.69, 9.17) is 16.3 Å². The molecule has 2 unspecified atom stereocenters. The molecule has 0 spiro atoms. The minimum absolute atomic E-state index is 0.00996. The van der Waals surface area contributed by atoms with E-state index < -0.39 is 11.1 Å². The number of hydrogen-bond donors (Lipinski definition) is 1. The van der Waals surface area contributed by atoms with Crippen molar-refractivity contribution in [1.29, 1.82) is 0 Å². The van der Waals surface area contributed by atoms with Crippen LogP contribution in [0, 0.1) is 5.92 Å². The van der Waals surface area contributed by atoms with Crippen LogP contribution in [0.3, 0.4) is 0 Å². The van der Waals surface area contributed by atoms with Gasteiger partial charge in [-0.15, -0.1) is 8.78 Å². The fraction of sp³-hybridized carbons (Fsp3) is 0.520. The van der Waals surface area contributed by atoms with Crippen LogP contribution in [0.5, 0.6) is 5.75 Å². The molecule has 2 aliphatic heterocycles. The number of anilines is 1. The van der Waals surface area contributed by atoms with Gasteiger partial charge in [0.25, 0.3) is 5.91 Å². The number of rotatable bonds is 6. The van der Waals surface area contributed by atoms with Gasteiger partial charge in [0.05, 0.1) is 13.2 Å². The Kier molecular flexibility index (Phi) is 7.69. The molecule has 2 saturated heterocycles. The molecule has 0 saturated carbocycles. The number of allylic oxidation sites excluding steroid dienone is 3. The number of ether oxygens (including phenoxy) is 2. The molecule has 0 bridgehead atoms. The molecule has 2 amide bonds. The van der Waals surface area contributed by atoms with Crippen LogP contribution in [0.1, 0.15) is 33.6 Å². The van der Waals surface area contributed by atoms with Crippen molar-refractivity contribution in [3.8, 4) is 5.75 Å². The normalized spacial score (nSPS) is 24.6. The summed E-state index contributed by atoms with van der Waals surface area (Å²) in [6.45, 7) is 8.34. The van der Waals surface area contributed by atoms with E-state index >= 15 is 0 Å². The standard InChI is InChI=1S/C25H29BrClF2N3O4/c1-15(2)32-21-17(14-24(32,3)23(34)31-8-10-35-11-9-31)12-16(13-20(21)26)22(33)30-18-4-6-19(7-5-18)36-25(27,28)29/h4-7,13,15,17H,8-12,14H2,1-3H3,(H,30,33). The van der Waals surface area contributed by atoms with E-state index in [0.29, 0.717) is 50.4 Å². The molecule has 2 atom stereocenters. The van der Waals surface area contributed by atoms with Gasteiger partial charge in [-0.1, -0.05) is 0 Å². The summed E-state index contributed by atoms with van der Waals surface area (Å²) in [5, 5.41) is 2.80. The minimum atomic E-state index is -3.81. The Morgan fingerprint density at radius 2 is 1.89 bits per heavy atom. The van der Waals surface area contributed by atoms with Crippen LogP contribution in [-0.2, 0) is 14.3 Å². The van der Waals surface area contributed by atoms with Crippen LogP contribution in [0.4, 0.5) is 14.5 Å². The molecule has 1 aliphatic carbocycles. The summed E-state index contributed by atoms with van der Waals surface area (Å²) in [5.41, 5.74) is -2.51. The van der Waals surface area contributed by atoms with Crippen molar-refractivity contribution >= 4 is 45.0 Å². The third-order valence-electron chi connectivity index (χ3n) is 6.75. The largest absolute Gasteiger partial charge is 0.487 e. The fourth-order valence-electron chi connectivity index (χ4n) is 5.42. The lowest BCUT2D eigenvalue weighted by atomic mass is 9.86. The van der Waals surface area contributed by atoms with Gasteiger partial charge in [-0.25, -0.2) is 0 Å². The van der Waals surface area contributed by atoms with Crippen molar-refractivity contribution in [3.05, 3.63) is 46.1 Å². The number of halogens is 4. The van der Waals surface area contributed by atoms with Crippen molar-refractivity contribution in [2.45, 2.75) is 50.8 Å². The Labute approximate surface area is 222 Å². The highest BCUT2D eigenvalue weighted by atomic mass is 79.9. The fourth-order valence-corrected chi connectivity index (χ4v) is 6.30. The van der Waals surface area contributed by atoms with Crippen LogP contribution < -0.4 is 10.1 Å². The van der Waals surface area contributed by atoms with Crippen LogP contribution in [0.15, 0.2) is 46.1 Å². The summed E-state index contributed by atoms with van der Waals surface area (Å²) in [4.78, 5) is 30.8. The monoisotopic (exact) mass is 587 g/mol. The van der Waals surface area contributed by atoms with E-state index in [0.717, 1.165) is 10.2 Å². The summed E-state index contributed by atoms with van der Waals surface area (Å²) in [6.07, 6.45) is 2.87. The third kappa shape index (κ3) is 5.55. The second kappa shape index (κ2) is 10.3. The van der Waals surface area contributed by atoms with Crippen molar-refractivity contribution in [3.63, 3.8) is 0 Å². The maximum absolute atomic E-state index is 13.7. The van der Waals surface area contributed by atoms with Crippen LogP contribution in [-0.4, -0.2) is 65.1 Å². The molecular weight excluding hydrogens is 560 g/mol. The lowest BCUT2D eigenvalue weighted by molar-refractivity contribution is -0.146. The first kappa shape index (κ1) is 26.9. The summed E-state index contributed by atoms with van der Waals surface area (Å²) in [6, 6.07) is 5.61. The number of carbonyl (C=O) groups excluding carboxylic acids is 2. The second-order valence-electron chi connectivity index (χ2n) is 9.68. The van der Waals surface area contributed by atoms with Crippen molar-refractivity contribution in [2.24, 2.45) is 5.92 Å². The highest BCUT2D eigenvalue weighted by Gasteiger charge is 2.54. The van der Waals surface area contributed by atoms with Crippen LogP contribution >= 0.6 is 27.5 Å². The molecule has 196 valence electrons. The average Bonchev–Trinajstić information content (AvgIpc) is 3.13. The molecule has 4 rings (SSSR count). The number of morpholine rings is 1. The molecule has 0 radical (unpaired) electrons. The molecular formula is C25H29BrClF2N3O4. The Bertz CT molecular complexity index is 1080. The predicted molar refractivity (Wildman–Crippen MR) is 136 cm³/mol. The van der Waals surface area contributed by atoms with Crippen molar-refractivity contribution in [1.82, 2.24) is 9.80 Å². The number of nitrogens with one attached hydrogen (secondary N) is 1. The second-order valence-corrected chi connectivity index (χ2v) is 11.0. The minimum Gasteiger partial charge on any atom is -0.420 e. The van der Waals surface area contributed by atoms with Gasteiger partial charge in [0.2, 0.25) is 5.91 Å². The number of fused-ring (bicyclic) bond motifs is 1. The summed E-state index contributed by atoms with van der Waals surface area (Å²) in [7, 11) is 0. The summed E-state index contributed by atoms with van der Waals surface area (Å²) in [5.74, 6) is -0.350. The molecule has 1 aromatic carbocycles. The Balaban J connectivity index is 1.51. The van der Waals surface area contributed by atoms with Gasteiger partial charge in [-0.3, -0.25) is 9.59 Å². The first-order valence-electron chi connectivity index (χ1n) is 11.8. The molecule has 0 aromatic heterocycles. The zero-order chi connectivity index (χ0) is 26.3. The highest BCUT2D eigenvalue weighted by Crippen LogP contribution is 2.50. The maximum Gasteiger partial charge on any atom is 0.487 e. The van der Waals surface area contributed by atoms with Gasteiger partial charge >= 0.3 is 5.57 Å². The van der Waals surface area contributed by atoms with Crippen molar-refractivity contribution < 1.29 is 27.8 Å². The van der Waals surface area contributed by atoms with E-state index in [2.05, 4.69) is 44.7 Å². The van der Waals surface area contributed by atoms with E-state index in [1.807, 2.05) is 11.8 Å². The molecule has 1 N–H and O–H groups in total. The first-order valence-corrected chi connectivity index (χ1v) is 13.0. The van der Waals surface area contributed by atoms with Gasteiger partial charge in [0.15, 0.2) is 0 Å². The number of carbonyl (C=O) groups is 2. The molecule has 3 aliphatic rings. The molecule has 36 heavy (non-hydrogen) atoms. The topological polar surface area (TPSA) is 71.1 Å². The van der Waals surface area contributed by atoms with Crippen LogP contribution in [0.2, 0.25) is 0 Å². The Morgan fingerprint density at radius 3 is 2.47 bits per heavy atom. The number of likely N-dealkylation sites (tertiary alicyclic amines) is 1. The van der Waals surface area contributed by atoms with Gasteiger partial charge in [-0.05, 0) is 79.9 Å². The number of amides is 2. The smallest absolute Gasteiger partial charge is 0.420 e.